The van der Waals surface area contributed by atoms with Gasteiger partial charge in [-0.2, -0.15) is 0 Å². The third-order valence-electron chi connectivity index (χ3n) is 3.34. The lowest BCUT2D eigenvalue weighted by Gasteiger charge is -2.40. The van der Waals surface area contributed by atoms with Crippen LogP contribution in [0, 0.1) is 0 Å². The van der Waals surface area contributed by atoms with E-state index in [9.17, 15) is 0 Å². The molecule has 1 aliphatic heterocycles. The highest BCUT2D eigenvalue weighted by molar-refractivity contribution is 5.83. The van der Waals surface area contributed by atoms with Crippen molar-refractivity contribution in [1.29, 1.82) is 0 Å². The van der Waals surface area contributed by atoms with Gasteiger partial charge in [-0.3, -0.25) is 4.99 Å². The van der Waals surface area contributed by atoms with E-state index in [1.807, 2.05) is 0 Å². The molecule has 0 amide bonds. The molecule has 1 aromatic rings. The van der Waals surface area contributed by atoms with Crippen LogP contribution >= 0.6 is 0 Å². The number of fused-ring (bicyclic) bond motifs is 1. The van der Waals surface area contributed by atoms with E-state index in [0.717, 1.165) is 0 Å². The van der Waals surface area contributed by atoms with Crippen LogP contribution in [0.15, 0.2) is 29.3 Å². The Morgan fingerprint density at radius 3 is 2.77 bits per heavy atom. The number of rotatable bonds is 0. The Bertz CT molecular complexity index is 361. The molecule has 0 radical (unpaired) electrons. The van der Waals surface area contributed by atoms with Crippen LogP contribution in [-0.2, 0) is 6.42 Å². The van der Waals surface area contributed by atoms with Crippen LogP contribution in [0.4, 0.5) is 0 Å². The molecule has 0 atom stereocenters. The van der Waals surface area contributed by atoms with Gasteiger partial charge in [0, 0.05) is 6.21 Å². The van der Waals surface area contributed by atoms with Gasteiger partial charge in [0.1, 0.15) is 0 Å². The summed E-state index contributed by atoms with van der Waals surface area (Å²) in [6.45, 7) is 0. The maximum Gasteiger partial charge on any atom is 0.0648 e. The first-order valence-corrected chi connectivity index (χ1v) is 5.01. The lowest BCUT2D eigenvalue weighted by atomic mass is 9.71. The summed E-state index contributed by atoms with van der Waals surface area (Å²) in [5, 5.41) is 0. The third kappa shape index (κ3) is 1.03. The fourth-order valence-corrected chi connectivity index (χ4v) is 2.32. The van der Waals surface area contributed by atoms with Crippen LogP contribution in [0.25, 0.3) is 0 Å². The normalized spacial score (nSPS) is 22.5. The van der Waals surface area contributed by atoms with E-state index in [2.05, 4.69) is 35.5 Å². The molecule has 0 aromatic heterocycles. The van der Waals surface area contributed by atoms with Crippen LogP contribution in [-0.4, -0.2) is 11.8 Å². The number of nitrogens with zero attached hydrogens (tertiary/aromatic N) is 1. The summed E-state index contributed by atoms with van der Waals surface area (Å²) < 4.78 is 0. The molecule has 1 nitrogen and oxygen atoms in total. The SMILES string of the molecule is C1=NC2(CCC2)Cc2ccccc21. The first-order chi connectivity index (χ1) is 6.38. The van der Waals surface area contributed by atoms with Gasteiger partial charge in [0.2, 0.25) is 0 Å². The number of aliphatic imine (C=N–C) groups is 1. The summed E-state index contributed by atoms with van der Waals surface area (Å²) in [7, 11) is 0. The smallest absolute Gasteiger partial charge is 0.0648 e. The molecule has 0 bridgehead atoms. The highest BCUT2D eigenvalue weighted by Gasteiger charge is 2.38. The molecule has 1 heterocycles. The maximum absolute atomic E-state index is 4.68. The Kier molecular flexibility index (Phi) is 1.37. The topological polar surface area (TPSA) is 12.4 Å². The highest BCUT2D eigenvalue weighted by Crippen LogP contribution is 2.40. The minimum Gasteiger partial charge on any atom is -0.286 e. The molecule has 3 rings (SSSR count). The average molecular weight is 171 g/mol. The van der Waals surface area contributed by atoms with Crippen molar-refractivity contribution in [3.05, 3.63) is 35.4 Å². The van der Waals surface area contributed by atoms with Crippen molar-refractivity contribution < 1.29 is 0 Å². The Balaban J connectivity index is 2.03. The van der Waals surface area contributed by atoms with Gasteiger partial charge in [-0.25, -0.2) is 0 Å². The summed E-state index contributed by atoms with van der Waals surface area (Å²) in [5.74, 6) is 0. The minimum atomic E-state index is 0.314. The lowest BCUT2D eigenvalue weighted by Crippen LogP contribution is -2.39. The van der Waals surface area contributed by atoms with Crippen molar-refractivity contribution in [3.63, 3.8) is 0 Å². The lowest BCUT2D eigenvalue weighted by molar-refractivity contribution is 0.249. The molecule has 1 fully saturated rings. The zero-order valence-electron chi connectivity index (χ0n) is 7.66. The Morgan fingerprint density at radius 1 is 1.15 bits per heavy atom. The van der Waals surface area contributed by atoms with Gasteiger partial charge in [0.25, 0.3) is 0 Å². The van der Waals surface area contributed by atoms with Crippen molar-refractivity contribution >= 4 is 6.21 Å². The van der Waals surface area contributed by atoms with E-state index in [1.165, 1.54) is 36.8 Å². The summed E-state index contributed by atoms with van der Waals surface area (Å²) in [4.78, 5) is 4.68. The first-order valence-electron chi connectivity index (χ1n) is 5.01. The zero-order chi connectivity index (χ0) is 8.73. The molecule has 1 spiro atoms. The van der Waals surface area contributed by atoms with Crippen LogP contribution < -0.4 is 0 Å². The van der Waals surface area contributed by atoms with Gasteiger partial charge in [-0.05, 0) is 36.8 Å². The fraction of sp³-hybridized carbons (Fsp3) is 0.417. The monoisotopic (exact) mass is 171 g/mol. The van der Waals surface area contributed by atoms with Crippen molar-refractivity contribution in [2.75, 3.05) is 0 Å². The van der Waals surface area contributed by atoms with Crippen molar-refractivity contribution in [2.24, 2.45) is 4.99 Å². The maximum atomic E-state index is 4.68. The summed E-state index contributed by atoms with van der Waals surface area (Å²) in [6, 6.07) is 8.61. The fourth-order valence-electron chi connectivity index (χ4n) is 2.32. The second-order valence-electron chi connectivity index (χ2n) is 4.21. The van der Waals surface area contributed by atoms with Gasteiger partial charge in [0.15, 0.2) is 0 Å². The van der Waals surface area contributed by atoms with Gasteiger partial charge in [0.05, 0.1) is 5.54 Å². The molecule has 1 aliphatic carbocycles. The second-order valence-corrected chi connectivity index (χ2v) is 4.21. The van der Waals surface area contributed by atoms with E-state index >= 15 is 0 Å². The molecule has 66 valence electrons. The molecule has 13 heavy (non-hydrogen) atoms. The Labute approximate surface area is 78.5 Å². The van der Waals surface area contributed by atoms with Gasteiger partial charge in [-0.1, -0.05) is 24.3 Å². The van der Waals surface area contributed by atoms with E-state index in [1.54, 1.807) is 0 Å². The van der Waals surface area contributed by atoms with Gasteiger partial charge in [-0.15, -0.1) is 0 Å². The minimum absolute atomic E-state index is 0.314. The molecule has 1 heteroatoms. The molecular formula is C12H13N. The average Bonchev–Trinajstić information content (AvgIpc) is 2.15. The van der Waals surface area contributed by atoms with Crippen LogP contribution in [0.3, 0.4) is 0 Å². The third-order valence-corrected chi connectivity index (χ3v) is 3.34. The van der Waals surface area contributed by atoms with Crippen LogP contribution in [0.5, 0.6) is 0 Å². The molecule has 0 N–H and O–H groups in total. The highest BCUT2D eigenvalue weighted by atomic mass is 14.9. The quantitative estimate of drug-likeness (QED) is 0.569. The standard InChI is InChI=1S/C12H13N/c1-2-5-11-9-13-12(6-3-7-12)8-10(11)4-1/h1-2,4-5,9H,3,6-8H2. The van der Waals surface area contributed by atoms with E-state index < -0.39 is 0 Å². The van der Waals surface area contributed by atoms with E-state index in [4.69, 9.17) is 0 Å². The summed E-state index contributed by atoms with van der Waals surface area (Å²) in [5.41, 5.74) is 3.12. The number of benzene rings is 1. The van der Waals surface area contributed by atoms with Crippen molar-refractivity contribution in [2.45, 2.75) is 31.2 Å². The molecular weight excluding hydrogens is 158 g/mol. The van der Waals surface area contributed by atoms with Gasteiger partial charge < -0.3 is 0 Å². The van der Waals surface area contributed by atoms with Crippen molar-refractivity contribution in [3.8, 4) is 0 Å². The zero-order valence-corrected chi connectivity index (χ0v) is 7.66. The largest absolute Gasteiger partial charge is 0.286 e. The van der Waals surface area contributed by atoms with Gasteiger partial charge >= 0.3 is 0 Å². The first kappa shape index (κ1) is 7.31. The van der Waals surface area contributed by atoms with Crippen LogP contribution in [0.1, 0.15) is 30.4 Å². The van der Waals surface area contributed by atoms with Crippen LogP contribution in [0.2, 0.25) is 0 Å². The molecule has 0 saturated heterocycles. The number of hydrogen-bond acceptors (Lipinski definition) is 1. The molecule has 0 unspecified atom stereocenters. The Morgan fingerprint density at radius 2 is 2.00 bits per heavy atom. The van der Waals surface area contributed by atoms with E-state index in [-0.39, 0.29) is 0 Å². The molecule has 1 saturated carbocycles. The summed E-state index contributed by atoms with van der Waals surface area (Å²) in [6.07, 6.45) is 7.17. The molecule has 2 aliphatic rings. The summed E-state index contributed by atoms with van der Waals surface area (Å²) >= 11 is 0. The predicted octanol–water partition coefficient (Wildman–Crippen LogP) is 2.58. The second kappa shape index (κ2) is 2.44. The number of hydrogen-bond donors (Lipinski definition) is 0. The van der Waals surface area contributed by atoms with Crippen molar-refractivity contribution in [1.82, 2.24) is 0 Å². The Hall–Kier alpha value is -1.11. The molecule has 1 aromatic carbocycles. The predicted molar refractivity (Wildman–Crippen MR) is 54.3 cm³/mol. The van der Waals surface area contributed by atoms with E-state index in [0.29, 0.717) is 5.54 Å².